The zero-order valence-corrected chi connectivity index (χ0v) is 24.6. The zero-order chi connectivity index (χ0) is 29.4. The Labute approximate surface area is 244 Å². The van der Waals surface area contributed by atoms with Crippen LogP contribution in [0.4, 0.5) is 15.2 Å². The van der Waals surface area contributed by atoms with E-state index in [9.17, 15) is 14.0 Å². The number of methoxy groups -OCH3 is 1. The van der Waals surface area contributed by atoms with Crippen molar-refractivity contribution in [3.8, 4) is 0 Å². The van der Waals surface area contributed by atoms with Crippen molar-refractivity contribution in [2.45, 2.75) is 52.5 Å². The van der Waals surface area contributed by atoms with Gasteiger partial charge < -0.3 is 20.1 Å². The van der Waals surface area contributed by atoms with Crippen molar-refractivity contribution < 1.29 is 23.5 Å². The summed E-state index contributed by atoms with van der Waals surface area (Å²) in [6.45, 7) is 6.27. The molecule has 1 aliphatic rings. The molecule has 0 aliphatic heterocycles. The minimum Gasteiger partial charge on any atom is -0.500 e. The van der Waals surface area contributed by atoms with Crippen molar-refractivity contribution in [2.75, 3.05) is 19.0 Å². The number of fused-ring (bicyclic) bond motifs is 1. The van der Waals surface area contributed by atoms with Crippen molar-refractivity contribution in [3.63, 3.8) is 0 Å². The molecular weight excluding hydrogens is 541 g/mol. The van der Waals surface area contributed by atoms with Gasteiger partial charge in [-0.1, -0.05) is 69.2 Å². The van der Waals surface area contributed by atoms with E-state index in [-0.39, 0.29) is 17.6 Å². The third-order valence-electron chi connectivity index (χ3n) is 7.04. The minimum absolute atomic E-state index is 0.0841. The average molecular weight is 578 g/mol. The maximum Gasteiger partial charge on any atom is 0.328 e. The highest BCUT2D eigenvalue weighted by Gasteiger charge is 2.29. The number of nitrogens with one attached hydrogen (secondary N) is 2. The van der Waals surface area contributed by atoms with Gasteiger partial charge in [-0.05, 0) is 59.9 Å². The van der Waals surface area contributed by atoms with E-state index >= 15 is 0 Å². The molecule has 7 nitrogen and oxygen atoms in total. The summed E-state index contributed by atoms with van der Waals surface area (Å²) in [4.78, 5) is 30.6. The van der Waals surface area contributed by atoms with Gasteiger partial charge >= 0.3 is 5.97 Å². The van der Waals surface area contributed by atoms with Crippen LogP contribution in [0.15, 0.2) is 72.0 Å². The maximum absolute atomic E-state index is 13.5. The molecule has 0 saturated carbocycles. The lowest BCUT2D eigenvalue weighted by molar-refractivity contribution is -0.149. The first-order chi connectivity index (χ1) is 19.8. The number of halogens is 1. The van der Waals surface area contributed by atoms with E-state index in [4.69, 9.17) is 9.47 Å². The summed E-state index contributed by atoms with van der Waals surface area (Å²) >= 11 is 1.39. The lowest BCUT2D eigenvalue weighted by atomic mass is 9.98. The van der Waals surface area contributed by atoms with Gasteiger partial charge in [0.25, 0.3) is 5.91 Å². The highest BCUT2D eigenvalue weighted by molar-refractivity contribution is 7.22. The van der Waals surface area contributed by atoms with Gasteiger partial charge in [0, 0.05) is 12.1 Å². The van der Waals surface area contributed by atoms with Crippen LogP contribution in [0.1, 0.15) is 52.0 Å². The molecule has 2 N–H and O–H groups in total. The normalized spacial score (nSPS) is 14.7. The van der Waals surface area contributed by atoms with Gasteiger partial charge in [-0.2, -0.15) is 0 Å². The topological polar surface area (TPSA) is 89.5 Å². The number of nitrogens with zero attached hydrogens (tertiary/aromatic N) is 1. The van der Waals surface area contributed by atoms with Crippen LogP contribution in [-0.4, -0.2) is 36.6 Å². The number of anilines is 2. The van der Waals surface area contributed by atoms with E-state index in [1.54, 1.807) is 12.1 Å². The third kappa shape index (κ3) is 7.61. The van der Waals surface area contributed by atoms with E-state index in [1.165, 1.54) is 30.6 Å². The summed E-state index contributed by atoms with van der Waals surface area (Å²) in [5, 5.41) is 6.86. The Morgan fingerprint density at radius 3 is 2.61 bits per heavy atom. The Morgan fingerprint density at radius 2 is 1.90 bits per heavy atom. The van der Waals surface area contributed by atoms with E-state index in [2.05, 4.69) is 15.6 Å². The molecule has 4 rings (SSSR count). The van der Waals surface area contributed by atoms with Crippen molar-refractivity contribution in [1.82, 2.24) is 10.3 Å². The van der Waals surface area contributed by atoms with Crippen LogP contribution in [0, 0.1) is 11.7 Å². The molecule has 1 amide bonds. The summed E-state index contributed by atoms with van der Waals surface area (Å²) in [6, 6.07) is 11.7. The number of carbonyl (C=O) groups is 2. The molecule has 1 heterocycles. The van der Waals surface area contributed by atoms with E-state index in [0.29, 0.717) is 35.9 Å². The van der Waals surface area contributed by atoms with Gasteiger partial charge in [-0.15, -0.1) is 0 Å². The Kier molecular flexibility index (Phi) is 10.3. The second kappa shape index (κ2) is 14.1. The van der Waals surface area contributed by atoms with Crippen molar-refractivity contribution in [3.05, 3.63) is 83.4 Å². The molecule has 0 bridgehead atoms. The fraction of sp³-hybridized carbons (Fsp3) is 0.344. The first-order valence-electron chi connectivity index (χ1n) is 13.9. The number of allylic oxidation sites excluding steroid dienone is 3. The number of thiazole rings is 1. The fourth-order valence-corrected chi connectivity index (χ4v) is 5.28. The molecule has 9 heteroatoms. The van der Waals surface area contributed by atoms with E-state index in [1.807, 2.05) is 57.2 Å². The summed E-state index contributed by atoms with van der Waals surface area (Å²) in [5.74, 6) is -0.640. The van der Waals surface area contributed by atoms with Crippen molar-refractivity contribution in [2.24, 2.45) is 5.92 Å². The van der Waals surface area contributed by atoms with Gasteiger partial charge in [-0.25, -0.2) is 14.2 Å². The van der Waals surface area contributed by atoms with Crippen LogP contribution < -0.4 is 10.6 Å². The van der Waals surface area contributed by atoms with Crippen LogP contribution in [-0.2, 0) is 19.1 Å². The number of amides is 1. The summed E-state index contributed by atoms with van der Waals surface area (Å²) in [7, 11) is 1.54. The molecule has 2 unspecified atom stereocenters. The standard InChI is InChI=1S/C32H36FN3O4S/c1-5-7-18-40-31(38)29(20(3)6-2)36-30(37)25-15-10-22(11-17-27(25)39-4)21-8-13-24(14-9-21)34-32-35-26-16-12-23(33)19-28(26)41-32/h8-16,19-20,29H,5-7,17-18H2,1-4H3,(H,34,35)(H,36,37). The SMILES string of the molecule is CCCCOC(=O)C(NC(=O)C1=C(OC)CC=C(c2ccc(Nc3nc4ccc(F)cc4s3)cc2)C=C1)C(C)CC. The number of hydrogen-bond donors (Lipinski definition) is 2. The first-order valence-corrected chi connectivity index (χ1v) is 14.7. The summed E-state index contributed by atoms with van der Waals surface area (Å²) in [5.41, 5.74) is 3.87. The lowest BCUT2D eigenvalue weighted by Gasteiger charge is -2.23. The zero-order valence-electron chi connectivity index (χ0n) is 23.8. The van der Waals surface area contributed by atoms with Crippen LogP contribution in [0.25, 0.3) is 15.8 Å². The quantitative estimate of drug-likeness (QED) is 0.173. The number of carbonyl (C=O) groups excluding carboxylic acids is 2. The molecule has 41 heavy (non-hydrogen) atoms. The number of unbranched alkanes of at least 4 members (excludes halogenated alkanes) is 1. The Bertz CT molecular complexity index is 1480. The number of benzene rings is 2. The largest absolute Gasteiger partial charge is 0.500 e. The van der Waals surface area contributed by atoms with E-state index in [0.717, 1.165) is 39.9 Å². The molecule has 1 aliphatic carbocycles. The highest BCUT2D eigenvalue weighted by Crippen LogP contribution is 2.30. The van der Waals surface area contributed by atoms with Gasteiger partial charge in [0.2, 0.25) is 0 Å². The second-order valence-electron chi connectivity index (χ2n) is 9.93. The van der Waals surface area contributed by atoms with Crippen LogP contribution >= 0.6 is 11.3 Å². The Balaban J connectivity index is 1.45. The third-order valence-corrected chi connectivity index (χ3v) is 7.98. The molecule has 2 aromatic carbocycles. The Morgan fingerprint density at radius 1 is 1.12 bits per heavy atom. The molecular formula is C32H36FN3O4S. The molecule has 0 radical (unpaired) electrons. The number of aromatic nitrogens is 1. The van der Waals surface area contributed by atoms with Gasteiger partial charge in [0.05, 0.1) is 29.5 Å². The molecule has 3 aromatic rings. The van der Waals surface area contributed by atoms with Crippen molar-refractivity contribution in [1.29, 1.82) is 0 Å². The lowest BCUT2D eigenvalue weighted by Crippen LogP contribution is -2.46. The number of ether oxygens (including phenoxy) is 2. The summed E-state index contributed by atoms with van der Waals surface area (Å²) in [6.07, 6.45) is 8.45. The van der Waals surface area contributed by atoms with Crippen LogP contribution in [0.2, 0.25) is 0 Å². The van der Waals surface area contributed by atoms with E-state index < -0.39 is 12.0 Å². The molecule has 0 saturated heterocycles. The maximum atomic E-state index is 13.5. The van der Waals surface area contributed by atoms with Crippen molar-refractivity contribution >= 4 is 49.8 Å². The number of esters is 1. The van der Waals surface area contributed by atoms with Gasteiger partial charge in [-0.3, -0.25) is 4.79 Å². The van der Waals surface area contributed by atoms with Gasteiger partial charge in [0.15, 0.2) is 5.13 Å². The number of rotatable bonds is 12. The predicted octanol–water partition coefficient (Wildman–Crippen LogP) is 7.30. The average Bonchev–Trinajstić information content (AvgIpc) is 3.23. The Hall–Kier alpha value is -3.98. The second-order valence-corrected chi connectivity index (χ2v) is 11.0. The summed E-state index contributed by atoms with van der Waals surface area (Å²) < 4.78 is 25.3. The smallest absolute Gasteiger partial charge is 0.328 e. The van der Waals surface area contributed by atoms with Crippen LogP contribution in [0.5, 0.6) is 0 Å². The molecule has 0 fully saturated rings. The fourth-order valence-electron chi connectivity index (χ4n) is 4.37. The monoisotopic (exact) mass is 577 g/mol. The predicted molar refractivity (Wildman–Crippen MR) is 162 cm³/mol. The minimum atomic E-state index is -0.742. The van der Waals surface area contributed by atoms with Crippen LogP contribution in [0.3, 0.4) is 0 Å². The van der Waals surface area contributed by atoms with Gasteiger partial charge in [0.1, 0.15) is 17.6 Å². The molecule has 2 atom stereocenters. The molecule has 0 spiro atoms. The molecule has 1 aromatic heterocycles. The first kappa shape index (κ1) is 30.0. The highest BCUT2D eigenvalue weighted by atomic mass is 32.1. The molecule has 216 valence electrons. The number of hydrogen-bond acceptors (Lipinski definition) is 7.